The standard InChI is InChI=1S/C10H18O4/c1-5-13-10(12)8(4)6-14-9(11)7(2)3/h7-8H,5-6H2,1-4H3. The molecule has 0 aromatic carbocycles. The summed E-state index contributed by atoms with van der Waals surface area (Å²) in [7, 11) is 0. The smallest absolute Gasteiger partial charge is 0.312 e. The Hall–Kier alpha value is -1.06. The van der Waals surface area contributed by atoms with Crippen molar-refractivity contribution in [2.75, 3.05) is 13.2 Å². The molecule has 0 spiro atoms. The van der Waals surface area contributed by atoms with Crippen LogP contribution in [0.25, 0.3) is 0 Å². The highest BCUT2D eigenvalue weighted by Gasteiger charge is 2.17. The summed E-state index contributed by atoms with van der Waals surface area (Å²) in [5, 5.41) is 0. The number of carbonyl (C=O) groups excluding carboxylic acids is 2. The Bertz CT molecular complexity index is 198. The lowest BCUT2D eigenvalue weighted by molar-refractivity contribution is -0.155. The van der Waals surface area contributed by atoms with Crippen molar-refractivity contribution < 1.29 is 19.1 Å². The molecular formula is C10H18O4. The van der Waals surface area contributed by atoms with E-state index in [-0.39, 0.29) is 24.5 Å². The number of esters is 2. The fourth-order valence-electron chi connectivity index (χ4n) is 0.726. The van der Waals surface area contributed by atoms with Gasteiger partial charge in [-0.15, -0.1) is 0 Å². The van der Waals surface area contributed by atoms with Crippen molar-refractivity contribution in [2.24, 2.45) is 11.8 Å². The number of ether oxygens (including phenoxy) is 2. The lowest BCUT2D eigenvalue weighted by Gasteiger charge is -2.12. The summed E-state index contributed by atoms with van der Waals surface area (Å²) < 4.78 is 9.66. The first-order valence-corrected chi connectivity index (χ1v) is 4.82. The molecule has 0 heterocycles. The first-order chi connectivity index (χ1) is 6.49. The third-order valence-corrected chi connectivity index (χ3v) is 1.64. The van der Waals surface area contributed by atoms with Gasteiger partial charge in [0.15, 0.2) is 0 Å². The van der Waals surface area contributed by atoms with Crippen molar-refractivity contribution in [2.45, 2.75) is 27.7 Å². The van der Waals surface area contributed by atoms with E-state index in [0.717, 1.165) is 0 Å². The molecule has 0 aromatic heterocycles. The summed E-state index contributed by atoms with van der Waals surface area (Å²) in [5.74, 6) is -1.17. The van der Waals surface area contributed by atoms with E-state index in [1.165, 1.54) is 0 Å². The van der Waals surface area contributed by atoms with Gasteiger partial charge in [-0.05, 0) is 13.8 Å². The Balaban J connectivity index is 3.78. The SMILES string of the molecule is CCOC(=O)C(C)COC(=O)C(C)C. The van der Waals surface area contributed by atoms with Gasteiger partial charge >= 0.3 is 11.9 Å². The van der Waals surface area contributed by atoms with Crippen LogP contribution in [0, 0.1) is 11.8 Å². The first kappa shape index (κ1) is 12.9. The zero-order chi connectivity index (χ0) is 11.1. The van der Waals surface area contributed by atoms with Crippen molar-refractivity contribution in [3.05, 3.63) is 0 Å². The predicted octanol–water partition coefficient (Wildman–Crippen LogP) is 1.38. The Kier molecular flexibility index (Phi) is 5.92. The molecular weight excluding hydrogens is 184 g/mol. The molecule has 1 atom stereocenters. The van der Waals surface area contributed by atoms with Gasteiger partial charge in [0.05, 0.1) is 18.4 Å². The highest BCUT2D eigenvalue weighted by molar-refractivity contribution is 5.74. The van der Waals surface area contributed by atoms with Crippen LogP contribution in [0.5, 0.6) is 0 Å². The summed E-state index contributed by atoms with van der Waals surface area (Å²) in [6.45, 7) is 7.35. The largest absolute Gasteiger partial charge is 0.466 e. The molecule has 0 radical (unpaired) electrons. The van der Waals surface area contributed by atoms with Crippen LogP contribution >= 0.6 is 0 Å². The van der Waals surface area contributed by atoms with Crippen molar-refractivity contribution in [1.82, 2.24) is 0 Å². The fourth-order valence-corrected chi connectivity index (χ4v) is 0.726. The van der Waals surface area contributed by atoms with E-state index in [2.05, 4.69) is 0 Å². The van der Waals surface area contributed by atoms with E-state index < -0.39 is 5.92 Å². The summed E-state index contributed by atoms with van der Waals surface area (Å²) in [4.78, 5) is 22.2. The molecule has 0 saturated carbocycles. The average molecular weight is 202 g/mol. The molecule has 0 amide bonds. The Labute approximate surface area is 84.6 Å². The first-order valence-electron chi connectivity index (χ1n) is 4.82. The van der Waals surface area contributed by atoms with E-state index in [4.69, 9.17) is 9.47 Å². The minimum absolute atomic E-state index is 0.0931. The van der Waals surface area contributed by atoms with E-state index in [1.54, 1.807) is 27.7 Å². The van der Waals surface area contributed by atoms with Gasteiger partial charge in [0.1, 0.15) is 6.61 Å². The molecule has 4 heteroatoms. The molecule has 0 N–H and O–H groups in total. The molecule has 0 fully saturated rings. The minimum Gasteiger partial charge on any atom is -0.466 e. The normalized spacial score (nSPS) is 12.4. The Morgan fingerprint density at radius 3 is 2.07 bits per heavy atom. The van der Waals surface area contributed by atoms with Crippen molar-refractivity contribution >= 4 is 11.9 Å². The van der Waals surface area contributed by atoms with Gasteiger partial charge in [-0.1, -0.05) is 13.8 Å². The van der Waals surface area contributed by atoms with Crippen LogP contribution in [0.15, 0.2) is 0 Å². The lowest BCUT2D eigenvalue weighted by atomic mass is 10.2. The molecule has 0 aromatic rings. The summed E-state index contributed by atoms with van der Waals surface area (Å²) in [6.07, 6.45) is 0. The average Bonchev–Trinajstić information content (AvgIpc) is 2.13. The van der Waals surface area contributed by atoms with Crippen LogP contribution in [0.3, 0.4) is 0 Å². The van der Waals surface area contributed by atoms with Gasteiger partial charge in [0, 0.05) is 0 Å². The van der Waals surface area contributed by atoms with E-state index >= 15 is 0 Å². The third kappa shape index (κ3) is 4.84. The Morgan fingerprint density at radius 1 is 1.07 bits per heavy atom. The van der Waals surface area contributed by atoms with E-state index in [0.29, 0.717) is 6.61 Å². The summed E-state index contributed by atoms with van der Waals surface area (Å²) >= 11 is 0. The predicted molar refractivity (Wildman–Crippen MR) is 51.6 cm³/mol. The number of carbonyl (C=O) groups is 2. The van der Waals surface area contributed by atoms with Gasteiger partial charge in [0.2, 0.25) is 0 Å². The van der Waals surface area contributed by atoms with Crippen LogP contribution in [-0.4, -0.2) is 25.2 Å². The molecule has 0 saturated heterocycles. The molecule has 1 unspecified atom stereocenters. The maximum absolute atomic E-state index is 11.1. The highest BCUT2D eigenvalue weighted by Crippen LogP contribution is 2.02. The quantitative estimate of drug-likeness (QED) is 0.632. The Morgan fingerprint density at radius 2 is 1.64 bits per heavy atom. The van der Waals surface area contributed by atoms with Crippen molar-refractivity contribution in [3.63, 3.8) is 0 Å². The number of rotatable bonds is 5. The molecule has 82 valence electrons. The van der Waals surface area contributed by atoms with E-state index in [1.807, 2.05) is 0 Å². The van der Waals surface area contributed by atoms with Crippen LogP contribution < -0.4 is 0 Å². The number of hydrogen-bond acceptors (Lipinski definition) is 4. The van der Waals surface area contributed by atoms with Crippen LogP contribution in [0.1, 0.15) is 27.7 Å². The fraction of sp³-hybridized carbons (Fsp3) is 0.800. The second-order valence-electron chi connectivity index (χ2n) is 3.44. The summed E-state index contributed by atoms with van der Waals surface area (Å²) in [5.41, 5.74) is 0. The monoisotopic (exact) mass is 202 g/mol. The van der Waals surface area contributed by atoms with Crippen LogP contribution in [-0.2, 0) is 19.1 Å². The number of hydrogen-bond donors (Lipinski definition) is 0. The van der Waals surface area contributed by atoms with Crippen LogP contribution in [0.4, 0.5) is 0 Å². The lowest BCUT2D eigenvalue weighted by Crippen LogP contribution is -2.23. The molecule has 0 aliphatic rings. The topological polar surface area (TPSA) is 52.6 Å². The molecule has 0 bridgehead atoms. The highest BCUT2D eigenvalue weighted by atomic mass is 16.5. The maximum atomic E-state index is 11.1. The second kappa shape index (κ2) is 6.40. The zero-order valence-corrected chi connectivity index (χ0v) is 9.20. The maximum Gasteiger partial charge on any atom is 0.312 e. The molecule has 4 nitrogen and oxygen atoms in total. The van der Waals surface area contributed by atoms with Crippen molar-refractivity contribution in [3.8, 4) is 0 Å². The zero-order valence-electron chi connectivity index (χ0n) is 9.20. The molecule has 0 aliphatic carbocycles. The van der Waals surface area contributed by atoms with Crippen molar-refractivity contribution in [1.29, 1.82) is 0 Å². The van der Waals surface area contributed by atoms with Gasteiger partial charge in [-0.25, -0.2) is 0 Å². The molecule has 14 heavy (non-hydrogen) atoms. The van der Waals surface area contributed by atoms with Gasteiger partial charge in [-0.3, -0.25) is 9.59 Å². The van der Waals surface area contributed by atoms with Gasteiger partial charge in [0.25, 0.3) is 0 Å². The molecule has 0 aliphatic heterocycles. The van der Waals surface area contributed by atoms with Gasteiger partial charge < -0.3 is 9.47 Å². The van der Waals surface area contributed by atoms with E-state index in [9.17, 15) is 9.59 Å². The summed E-state index contributed by atoms with van der Waals surface area (Å²) in [6, 6.07) is 0. The molecule has 0 rings (SSSR count). The third-order valence-electron chi connectivity index (χ3n) is 1.64. The van der Waals surface area contributed by atoms with Gasteiger partial charge in [-0.2, -0.15) is 0 Å². The minimum atomic E-state index is -0.391. The van der Waals surface area contributed by atoms with Crippen LogP contribution in [0.2, 0.25) is 0 Å². The second-order valence-corrected chi connectivity index (χ2v) is 3.44.